The maximum absolute atomic E-state index is 9.08. The van der Waals surface area contributed by atoms with Crippen LogP contribution in [0, 0.1) is 11.3 Å². The van der Waals surface area contributed by atoms with Crippen LogP contribution >= 0.6 is 15.9 Å². The molecule has 0 bridgehead atoms. The summed E-state index contributed by atoms with van der Waals surface area (Å²) in [5.74, 6) is 1.23. The second kappa shape index (κ2) is 4.60. The lowest BCUT2D eigenvalue weighted by atomic mass is 10.1. The van der Waals surface area contributed by atoms with Crippen molar-refractivity contribution in [3.05, 3.63) is 28.5 Å². The number of rotatable bonds is 2. The van der Waals surface area contributed by atoms with Crippen molar-refractivity contribution in [2.45, 2.75) is 0 Å². The Bertz CT molecular complexity index is 620. The average Bonchev–Trinajstić information content (AvgIpc) is 2.37. The molecule has 5 heteroatoms. The third-order valence-corrected chi connectivity index (χ3v) is 3.20. The molecule has 2 aromatic rings. The van der Waals surface area contributed by atoms with Gasteiger partial charge in [-0.3, -0.25) is 4.98 Å². The number of ether oxygens (including phenoxy) is 2. The molecule has 2 rings (SSSR count). The van der Waals surface area contributed by atoms with Crippen LogP contribution in [0.2, 0.25) is 0 Å². The van der Waals surface area contributed by atoms with Crippen molar-refractivity contribution in [3.63, 3.8) is 0 Å². The zero-order valence-corrected chi connectivity index (χ0v) is 10.9. The number of hydrogen-bond acceptors (Lipinski definition) is 4. The summed E-state index contributed by atoms with van der Waals surface area (Å²) >= 11 is 3.41. The summed E-state index contributed by atoms with van der Waals surface area (Å²) in [4.78, 5) is 4.02. The Labute approximate surface area is 107 Å². The van der Waals surface area contributed by atoms with Crippen LogP contribution in [0.5, 0.6) is 11.5 Å². The molecule has 4 nitrogen and oxygen atoms in total. The molecule has 0 aliphatic rings. The van der Waals surface area contributed by atoms with Crippen molar-refractivity contribution >= 4 is 26.7 Å². The third kappa shape index (κ3) is 1.81. The highest BCUT2D eigenvalue weighted by molar-refractivity contribution is 9.10. The van der Waals surface area contributed by atoms with Crippen LogP contribution in [0.1, 0.15) is 5.56 Å². The first-order valence-electron chi connectivity index (χ1n) is 4.81. The second-order valence-corrected chi connectivity index (χ2v) is 4.12. The zero-order valence-electron chi connectivity index (χ0n) is 9.32. The van der Waals surface area contributed by atoms with Crippen molar-refractivity contribution in [1.82, 2.24) is 4.98 Å². The normalized spacial score (nSPS) is 10.0. The molecular weight excluding hydrogens is 284 g/mol. The van der Waals surface area contributed by atoms with Gasteiger partial charge in [0.1, 0.15) is 22.0 Å². The van der Waals surface area contributed by atoms with E-state index < -0.39 is 0 Å². The Morgan fingerprint density at radius 2 is 2.06 bits per heavy atom. The first-order chi connectivity index (χ1) is 8.22. The first kappa shape index (κ1) is 11.7. The molecule has 1 aromatic heterocycles. The molecule has 0 unspecified atom stereocenters. The van der Waals surface area contributed by atoms with Crippen molar-refractivity contribution in [1.29, 1.82) is 5.26 Å². The molecular formula is C12H9BrN2O2. The summed E-state index contributed by atoms with van der Waals surface area (Å²) in [6.07, 6.45) is 3.19. The maximum atomic E-state index is 9.08. The molecule has 0 aliphatic heterocycles. The quantitative estimate of drug-likeness (QED) is 0.854. The lowest BCUT2D eigenvalue weighted by molar-refractivity contribution is 0.393. The van der Waals surface area contributed by atoms with Crippen molar-refractivity contribution in [2.75, 3.05) is 14.2 Å². The summed E-state index contributed by atoms with van der Waals surface area (Å²) in [5.41, 5.74) is 0.475. The lowest BCUT2D eigenvalue weighted by Crippen LogP contribution is -1.94. The minimum Gasteiger partial charge on any atom is -0.495 e. The molecule has 0 N–H and O–H groups in total. The van der Waals surface area contributed by atoms with Crippen LogP contribution in [-0.2, 0) is 0 Å². The van der Waals surface area contributed by atoms with E-state index in [1.54, 1.807) is 20.4 Å². The summed E-state index contributed by atoms with van der Waals surface area (Å²) in [6, 6.07) is 3.92. The van der Waals surface area contributed by atoms with E-state index in [9.17, 15) is 0 Å². The molecule has 0 saturated carbocycles. The van der Waals surface area contributed by atoms with Crippen LogP contribution < -0.4 is 9.47 Å². The molecule has 0 atom stereocenters. The number of methoxy groups -OCH3 is 2. The molecule has 0 aliphatic carbocycles. The van der Waals surface area contributed by atoms with Gasteiger partial charge < -0.3 is 9.47 Å². The minimum absolute atomic E-state index is 0.475. The van der Waals surface area contributed by atoms with Gasteiger partial charge in [-0.2, -0.15) is 5.26 Å². The fraction of sp³-hybridized carbons (Fsp3) is 0.167. The largest absolute Gasteiger partial charge is 0.495 e. The Morgan fingerprint density at radius 3 is 2.65 bits per heavy atom. The number of halogens is 1. The summed E-state index contributed by atoms with van der Waals surface area (Å²) in [7, 11) is 3.13. The zero-order chi connectivity index (χ0) is 12.4. The fourth-order valence-electron chi connectivity index (χ4n) is 1.69. The predicted octanol–water partition coefficient (Wildman–Crippen LogP) is 2.89. The number of nitrogens with zero attached hydrogens (tertiary/aromatic N) is 2. The molecule has 1 heterocycles. The van der Waals surface area contributed by atoms with E-state index in [1.807, 2.05) is 6.07 Å². The van der Waals surface area contributed by atoms with Crippen LogP contribution in [0.15, 0.2) is 22.9 Å². The van der Waals surface area contributed by atoms with Crippen molar-refractivity contribution in [2.24, 2.45) is 0 Å². The van der Waals surface area contributed by atoms with Crippen molar-refractivity contribution in [3.8, 4) is 17.6 Å². The lowest BCUT2D eigenvalue weighted by Gasteiger charge is -2.12. The second-order valence-electron chi connectivity index (χ2n) is 3.32. The van der Waals surface area contributed by atoms with E-state index in [0.717, 1.165) is 10.8 Å². The van der Waals surface area contributed by atoms with Crippen LogP contribution in [-0.4, -0.2) is 19.2 Å². The Balaban J connectivity index is 2.95. The van der Waals surface area contributed by atoms with Gasteiger partial charge in [-0.15, -0.1) is 0 Å². The highest BCUT2D eigenvalue weighted by Gasteiger charge is 2.15. The van der Waals surface area contributed by atoms with Gasteiger partial charge in [-0.05, 0) is 22.0 Å². The van der Waals surface area contributed by atoms with Gasteiger partial charge in [-0.25, -0.2) is 0 Å². The van der Waals surface area contributed by atoms with Crippen LogP contribution in [0.3, 0.4) is 0 Å². The summed E-state index contributed by atoms with van der Waals surface area (Å²) in [5, 5.41) is 10.6. The summed E-state index contributed by atoms with van der Waals surface area (Å²) in [6.45, 7) is 0. The molecule has 0 spiro atoms. The fourth-order valence-corrected chi connectivity index (χ4v) is 2.33. The van der Waals surface area contributed by atoms with E-state index in [4.69, 9.17) is 14.7 Å². The van der Waals surface area contributed by atoms with E-state index in [0.29, 0.717) is 21.5 Å². The van der Waals surface area contributed by atoms with E-state index >= 15 is 0 Å². The molecule has 1 aromatic carbocycles. The number of nitriles is 1. The Kier molecular flexibility index (Phi) is 3.16. The third-order valence-electron chi connectivity index (χ3n) is 2.45. The smallest absolute Gasteiger partial charge is 0.146 e. The SMILES string of the molecule is COc1cc2cncc(C#N)c2c(OC)c1Br. The number of fused-ring (bicyclic) bond motifs is 1. The Morgan fingerprint density at radius 1 is 1.29 bits per heavy atom. The maximum Gasteiger partial charge on any atom is 0.146 e. The molecule has 86 valence electrons. The number of pyridine rings is 1. The molecule has 17 heavy (non-hydrogen) atoms. The van der Waals surface area contributed by atoms with Gasteiger partial charge in [0.05, 0.1) is 19.8 Å². The minimum atomic E-state index is 0.475. The van der Waals surface area contributed by atoms with Gasteiger partial charge in [-0.1, -0.05) is 0 Å². The average molecular weight is 293 g/mol. The molecule has 0 amide bonds. The van der Waals surface area contributed by atoms with Crippen LogP contribution in [0.25, 0.3) is 10.8 Å². The highest BCUT2D eigenvalue weighted by atomic mass is 79.9. The van der Waals surface area contributed by atoms with E-state index in [-0.39, 0.29) is 0 Å². The van der Waals surface area contributed by atoms with E-state index in [2.05, 4.69) is 27.0 Å². The first-order valence-corrected chi connectivity index (χ1v) is 5.60. The van der Waals surface area contributed by atoms with Gasteiger partial charge in [0.15, 0.2) is 0 Å². The summed E-state index contributed by atoms with van der Waals surface area (Å²) < 4.78 is 11.3. The molecule has 0 fully saturated rings. The Hall–Kier alpha value is -1.80. The standard InChI is InChI=1S/C12H9BrN2O2/c1-16-9-3-7-5-15-6-8(4-14)10(7)12(17-2)11(9)13/h3,5-6H,1-2H3. The van der Waals surface area contributed by atoms with Gasteiger partial charge >= 0.3 is 0 Å². The van der Waals surface area contributed by atoms with Gasteiger partial charge in [0.25, 0.3) is 0 Å². The van der Waals surface area contributed by atoms with Crippen molar-refractivity contribution < 1.29 is 9.47 Å². The van der Waals surface area contributed by atoms with Crippen LogP contribution in [0.4, 0.5) is 0 Å². The number of hydrogen-bond donors (Lipinski definition) is 0. The molecule has 0 radical (unpaired) electrons. The highest BCUT2D eigenvalue weighted by Crippen LogP contribution is 2.41. The van der Waals surface area contributed by atoms with Gasteiger partial charge in [0, 0.05) is 23.2 Å². The van der Waals surface area contributed by atoms with Gasteiger partial charge in [0.2, 0.25) is 0 Å². The predicted molar refractivity (Wildman–Crippen MR) is 67.3 cm³/mol. The topological polar surface area (TPSA) is 55.1 Å². The van der Waals surface area contributed by atoms with E-state index in [1.165, 1.54) is 6.20 Å². The molecule has 0 saturated heterocycles. The monoisotopic (exact) mass is 292 g/mol. The number of aromatic nitrogens is 1. The number of benzene rings is 1.